The number of carboxylic acids is 1. The van der Waals surface area contributed by atoms with Gasteiger partial charge < -0.3 is 10.4 Å². The van der Waals surface area contributed by atoms with Crippen molar-refractivity contribution in [3.05, 3.63) is 29.3 Å². The fourth-order valence-electron chi connectivity index (χ4n) is 2.08. The highest BCUT2D eigenvalue weighted by atomic mass is 16.4. The lowest BCUT2D eigenvalue weighted by Gasteiger charge is -2.19. The normalized spacial score (nSPS) is 14.7. The zero-order valence-electron chi connectivity index (χ0n) is 11.7. The number of aryl methyl sites for hydroxylation is 1. The third-order valence-corrected chi connectivity index (χ3v) is 3.20. The van der Waals surface area contributed by atoms with Gasteiger partial charge in [-0.05, 0) is 18.6 Å². The highest BCUT2D eigenvalue weighted by Crippen LogP contribution is 2.20. The van der Waals surface area contributed by atoms with Gasteiger partial charge in [-0.3, -0.25) is 9.59 Å². The monoisotopic (exact) mass is 289 g/mol. The van der Waals surface area contributed by atoms with Gasteiger partial charge in [-0.1, -0.05) is 12.1 Å². The molecule has 0 spiro atoms. The van der Waals surface area contributed by atoms with E-state index in [1.165, 1.54) is 13.1 Å². The average Bonchev–Trinajstić information content (AvgIpc) is 2.41. The first-order valence-electron chi connectivity index (χ1n) is 6.38. The number of amides is 2. The fourth-order valence-corrected chi connectivity index (χ4v) is 2.08. The standard InChI is InChI=1S/C14H15N3O4/c1-8-4-3-5-9(12(8)14(20)21)15-13(19)10-6-7-11(18)17(2)16-10/h3-5H,6-7H2,1-2H3,(H,15,19)(H,20,21). The van der Waals surface area contributed by atoms with Gasteiger partial charge in [0.1, 0.15) is 5.71 Å². The number of rotatable bonds is 3. The molecule has 0 saturated heterocycles. The Labute approximate surface area is 121 Å². The summed E-state index contributed by atoms with van der Waals surface area (Å²) in [5.41, 5.74) is 1.02. The van der Waals surface area contributed by atoms with Crippen LogP contribution in [0.5, 0.6) is 0 Å². The predicted molar refractivity (Wildman–Crippen MR) is 76.2 cm³/mol. The molecular weight excluding hydrogens is 274 g/mol. The minimum Gasteiger partial charge on any atom is -0.478 e. The van der Waals surface area contributed by atoms with E-state index in [1.807, 2.05) is 0 Å². The van der Waals surface area contributed by atoms with Crippen LogP contribution in [-0.4, -0.2) is 40.7 Å². The van der Waals surface area contributed by atoms with Gasteiger partial charge in [0.15, 0.2) is 0 Å². The van der Waals surface area contributed by atoms with Crippen LogP contribution in [0.25, 0.3) is 0 Å². The molecule has 0 bridgehead atoms. The van der Waals surface area contributed by atoms with Crippen molar-refractivity contribution in [3.8, 4) is 0 Å². The van der Waals surface area contributed by atoms with E-state index in [0.29, 0.717) is 5.56 Å². The summed E-state index contributed by atoms with van der Waals surface area (Å²) in [7, 11) is 1.48. The minimum absolute atomic E-state index is 0.0479. The zero-order valence-corrected chi connectivity index (χ0v) is 11.7. The number of hydrogen-bond acceptors (Lipinski definition) is 4. The summed E-state index contributed by atoms with van der Waals surface area (Å²) in [6.07, 6.45) is 0.450. The molecule has 1 aromatic carbocycles. The number of hydrogen-bond donors (Lipinski definition) is 2. The molecule has 1 aliphatic heterocycles. The highest BCUT2D eigenvalue weighted by Gasteiger charge is 2.23. The lowest BCUT2D eigenvalue weighted by molar-refractivity contribution is -0.130. The van der Waals surface area contributed by atoms with E-state index >= 15 is 0 Å². The van der Waals surface area contributed by atoms with E-state index in [4.69, 9.17) is 0 Å². The molecule has 0 unspecified atom stereocenters. The fraction of sp³-hybridized carbons (Fsp3) is 0.286. The number of hydrazone groups is 1. The van der Waals surface area contributed by atoms with Crippen molar-refractivity contribution in [2.45, 2.75) is 19.8 Å². The highest BCUT2D eigenvalue weighted by molar-refractivity contribution is 6.43. The van der Waals surface area contributed by atoms with Gasteiger partial charge in [-0.15, -0.1) is 0 Å². The first-order chi connectivity index (χ1) is 9.90. The molecule has 2 amide bonds. The van der Waals surface area contributed by atoms with Gasteiger partial charge >= 0.3 is 5.97 Å². The lowest BCUT2D eigenvalue weighted by Crippen LogP contribution is -2.34. The molecule has 0 aliphatic carbocycles. The number of aromatic carboxylic acids is 1. The molecule has 0 fully saturated rings. The molecule has 0 atom stereocenters. The van der Waals surface area contributed by atoms with Gasteiger partial charge in [-0.25, -0.2) is 9.80 Å². The Morgan fingerprint density at radius 1 is 1.33 bits per heavy atom. The quantitative estimate of drug-likeness (QED) is 0.874. The van der Waals surface area contributed by atoms with Crippen molar-refractivity contribution in [3.63, 3.8) is 0 Å². The van der Waals surface area contributed by atoms with Gasteiger partial charge in [0.25, 0.3) is 5.91 Å². The van der Waals surface area contributed by atoms with E-state index in [1.54, 1.807) is 19.1 Å². The Morgan fingerprint density at radius 3 is 2.67 bits per heavy atom. The maximum Gasteiger partial charge on any atom is 0.338 e. The van der Waals surface area contributed by atoms with Gasteiger partial charge in [0, 0.05) is 19.9 Å². The second kappa shape index (κ2) is 5.74. The Balaban J connectivity index is 2.25. The van der Waals surface area contributed by atoms with Crippen molar-refractivity contribution in [2.24, 2.45) is 5.10 Å². The molecular formula is C14H15N3O4. The number of carboxylic acid groups (broad SMARTS) is 1. The molecule has 1 heterocycles. The summed E-state index contributed by atoms with van der Waals surface area (Å²) >= 11 is 0. The Hall–Kier alpha value is -2.70. The average molecular weight is 289 g/mol. The summed E-state index contributed by atoms with van der Waals surface area (Å²) in [5.74, 6) is -1.77. The largest absolute Gasteiger partial charge is 0.478 e. The first-order valence-corrected chi connectivity index (χ1v) is 6.38. The molecule has 0 aromatic heterocycles. The molecule has 7 nitrogen and oxygen atoms in total. The molecule has 1 aromatic rings. The maximum atomic E-state index is 12.1. The first kappa shape index (κ1) is 14.7. The van der Waals surface area contributed by atoms with Crippen LogP contribution in [0.3, 0.4) is 0 Å². The number of carbonyl (C=O) groups is 3. The van der Waals surface area contributed by atoms with Crippen LogP contribution in [0.4, 0.5) is 5.69 Å². The van der Waals surface area contributed by atoms with E-state index in [2.05, 4.69) is 10.4 Å². The van der Waals surface area contributed by atoms with E-state index in [9.17, 15) is 19.5 Å². The summed E-state index contributed by atoms with van der Waals surface area (Å²) < 4.78 is 0. The van der Waals surface area contributed by atoms with E-state index in [-0.39, 0.29) is 35.7 Å². The second-order valence-electron chi connectivity index (χ2n) is 4.72. The van der Waals surface area contributed by atoms with Crippen LogP contribution in [0, 0.1) is 6.92 Å². The number of nitrogens with one attached hydrogen (secondary N) is 1. The van der Waals surface area contributed by atoms with Crippen molar-refractivity contribution in [2.75, 3.05) is 12.4 Å². The van der Waals surface area contributed by atoms with Crippen LogP contribution in [0.1, 0.15) is 28.8 Å². The van der Waals surface area contributed by atoms with Crippen molar-refractivity contribution in [1.82, 2.24) is 5.01 Å². The van der Waals surface area contributed by atoms with Crippen LogP contribution in [0.15, 0.2) is 23.3 Å². The van der Waals surface area contributed by atoms with Crippen LogP contribution in [-0.2, 0) is 9.59 Å². The maximum absolute atomic E-state index is 12.1. The van der Waals surface area contributed by atoms with E-state index in [0.717, 1.165) is 5.01 Å². The smallest absolute Gasteiger partial charge is 0.338 e. The van der Waals surface area contributed by atoms with Crippen molar-refractivity contribution in [1.29, 1.82) is 0 Å². The summed E-state index contributed by atoms with van der Waals surface area (Å²) in [6, 6.07) is 4.84. The molecule has 110 valence electrons. The Morgan fingerprint density at radius 2 is 2.05 bits per heavy atom. The summed E-state index contributed by atoms with van der Waals surface area (Å²) in [4.78, 5) is 34.7. The SMILES string of the molecule is Cc1cccc(NC(=O)C2=NN(C)C(=O)CC2)c1C(=O)O. The zero-order chi connectivity index (χ0) is 15.6. The van der Waals surface area contributed by atoms with Gasteiger partial charge in [-0.2, -0.15) is 5.10 Å². The molecule has 7 heteroatoms. The van der Waals surface area contributed by atoms with Gasteiger partial charge in [0.05, 0.1) is 11.3 Å². The molecule has 2 N–H and O–H groups in total. The number of nitrogens with zero attached hydrogens (tertiary/aromatic N) is 2. The van der Waals surface area contributed by atoms with Crippen LogP contribution < -0.4 is 5.32 Å². The Kier molecular flexibility index (Phi) is 4.02. The van der Waals surface area contributed by atoms with Crippen molar-refractivity contribution < 1.29 is 19.5 Å². The van der Waals surface area contributed by atoms with Gasteiger partial charge in [0.2, 0.25) is 5.91 Å². The number of anilines is 1. The van der Waals surface area contributed by atoms with Crippen molar-refractivity contribution >= 4 is 29.2 Å². The molecule has 2 rings (SSSR count). The van der Waals surface area contributed by atoms with Crippen LogP contribution >= 0.6 is 0 Å². The summed E-state index contributed by atoms with van der Waals surface area (Å²) in [5, 5.41) is 16.8. The molecule has 21 heavy (non-hydrogen) atoms. The second-order valence-corrected chi connectivity index (χ2v) is 4.72. The summed E-state index contributed by atoms with van der Waals surface area (Å²) in [6.45, 7) is 1.66. The lowest BCUT2D eigenvalue weighted by atomic mass is 10.1. The molecule has 1 aliphatic rings. The third kappa shape index (κ3) is 3.07. The van der Waals surface area contributed by atoms with Crippen LogP contribution in [0.2, 0.25) is 0 Å². The molecule has 0 radical (unpaired) electrons. The predicted octanol–water partition coefficient (Wildman–Crippen LogP) is 1.24. The minimum atomic E-state index is -1.11. The Bertz CT molecular complexity index is 652. The number of benzene rings is 1. The van der Waals surface area contributed by atoms with E-state index < -0.39 is 11.9 Å². The molecule has 0 saturated carbocycles. The number of carbonyl (C=O) groups excluding carboxylic acids is 2. The third-order valence-electron chi connectivity index (χ3n) is 3.20. The topological polar surface area (TPSA) is 99.1 Å².